The van der Waals surface area contributed by atoms with E-state index in [0.29, 0.717) is 22.9 Å². The van der Waals surface area contributed by atoms with Crippen molar-refractivity contribution in [2.75, 3.05) is 26.7 Å². The topological polar surface area (TPSA) is 80.5 Å². The second-order valence-corrected chi connectivity index (χ2v) is 9.13. The number of hydrogen-bond acceptors (Lipinski definition) is 7. The van der Waals surface area contributed by atoms with Gasteiger partial charge in [0.2, 0.25) is 0 Å². The fraction of sp³-hybridized carbons (Fsp3) is 0.400. The predicted octanol–water partition coefficient (Wildman–Crippen LogP) is 4.64. The Balaban J connectivity index is 1.45. The maximum Gasteiger partial charge on any atom is 0.254 e. The maximum atomic E-state index is 13.2. The number of carbonyl (C=O) groups is 1. The van der Waals surface area contributed by atoms with Gasteiger partial charge in [0.25, 0.3) is 5.91 Å². The number of aryl methyl sites for hydroxylation is 1. The molecule has 174 valence electrons. The molecule has 1 atom stereocenters. The zero-order chi connectivity index (χ0) is 23.0. The van der Waals surface area contributed by atoms with E-state index in [0.717, 1.165) is 30.3 Å². The molecule has 1 fully saturated rings. The molecule has 0 aliphatic carbocycles. The minimum atomic E-state index is -0.113. The van der Waals surface area contributed by atoms with Crippen LogP contribution in [0.25, 0.3) is 0 Å². The van der Waals surface area contributed by atoms with E-state index in [1.54, 1.807) is 19.4 Å². The van der Waals surface area contributed by atoms with Gasteiger partial charge < -0.3 is 14.6 Å². The number of nitrogens with zero attached hydrogens (tertiary/aromatic N) is 3. The van der Waals surface area contributed by atoms with Crippen molar-refractivity contribution in [2.45, 2.75) is 43.0 Å². The second-order valence-electron chi connectivity index (χ2n) is 8.17. The van der Waals surface area contributed by atoms with Crippen LogP contribution in [0.4, 0.5) is 0 Å². The first-order valence-electron chi connectivity index (χ1n) is 11.3. The average molecular weight is 467 g/mol. The number of likely N-dealkylation sites (tertiary alicyclic amines) is 1. The number of piperidine rings is 1. The first-order valence-corrected chi connectivity index (χ1v) is 12.3. The summed E-state index contributed by atoms with van der Waals surface area (Å²) in [6.45, 7) is 4.48. The average Bonchev–Trinajstić information content (AvgIpc) is 3.29. The third-order valence-electron chi connectivity index (χ3n) is 5.84. The molecule has 1 aliphatic heterocycles. The van der Waals surface area contributed by atoms with Gasteiger partial charge in [0.05, 0.1) is 24.4 Å². The molecular formula is C25H30N4O3S. The van der Waals surface area contributed by atoms with Gasteiger partial charge in [-0.15, -0.1) is 0 Å². The highest BCUT2D eigenvalue weighted by molar-refractivity contribution is 7.98. The number of amides is 1. The SMILES string of the molecule is COc1ccc([C@@H](CNC(=O)c2cccnc2SCc2cc(C)on2)N2CCCCC2)cc1. The van der Waals surface area contributed by atoms with Gasteiger partial charge in [0.1, 0.15) is 16.5 Å². The number of pyridine rings is 1. The molecule has 0 radical (unpaired) electrons. The number of nitrogens with one attached hydrogen (secondary N) is 1. The van der Waals surface area contributed by atoms with Gasteiger partial charge in [0.15, 0.2) is 0 Å². The van der Waals surface area contributed by atoms with Crippen LogP contribution in [0.1, 0.15) is 52.7 Å². The van der Waals surface area contributed by atoms with Crippen molar-refractivity contribution in [1.82, 2.24) is 20.4 Å². The first-order chi connectivity index (χ1) is 16.1. The van der Waals surface area contributed by atoms with Crippen LogP contribution >= 0.6 is 11.8 Å². The fourth-order valence-electron chi connectivity index (χ4n) is 4.11. The van der Waals surface area contributed by atoms with Gasteiger partial charge in [-0.25, -0.2) is 4.98 Å². The second kappa shape index (κ2) is 11.3. The third-order valence-corrected chi connectivity index (χ3v) is 6.88. The Kier molecular flexibility index (Phi) is 8.01. The number of carbonyl (C=O) groups excluding carboxylic acids is 1. The fourth-order valence-corrected chi connectivity index (χ4v) is 4.98. The Morgan fingerprint density at radius 2 is 2.00 bits per heavy atom. The molecule has 3 aromatic rings. The molecule has 0 unspecified atom stereocenters. The molecular weight excluding hydrogens is 436 g/mol. The number of rotatable bonds is 9. The van der Waals surface area contributed by atoms with Crippen molar-refractivity contribution >= 4 is 17.7 Å². The van der Waals surface area contributed by atoms with Gasteiger partial charge in [0, 0.05) is 24.6 Å². The van der Waals surface area contributed by atoms with Crippen LogP contribution in [0.3, 0.4) is 0 Å². The summed E-state index contributed by atoms with van der Waals surface area (Å²) in [5.41, 5.74) is 2.59. The van der Waals surface area contributed by atoms with Crippen molar-refractivity contribution < 1.29 is 14.1 Å². The maximum absolute atomic E-state index is 13.2. The molecule has 1 amide bonds. The lowest BCUT2D eigenvalue weighted by molar-refractivity contribution is 0.0921. The lowest BCUT2D eigenvalue weighted by Crippen LogP contribution is -2.40. The zero-order valence-corrected chi connectivity index (χ0v) is 19.9. The number of aromatic nitrogens is 2. The standard InChI is InChI=1S/C25H30N4O3S/c1-18-15-20(28-32-18)17-33-25-22(7-6-12-26-25)24(30)27-16-23(29-13-4-3-5-14-29)19-8-10-21(31-2)11-9-19/h6-12,15,23H,3-5,13-14,16-17H2,1-2H3,(H,27,30)/t23-/m1/s1. The highest BCUT2D eigenvalue weighted by Gasteiger charge is 2.24. The van der Waals surface area contributed by atoms with Gasteiger partial charge in [-0.3, -0.25) is 9.69 Å². The van der Waals surface area contributed by atoms with E-state index in [9.17, 15) is 4.79 Å². The first kappa shape index (κ1) is 23.3. The van der Waals surface area contributed by atoms with Gasteiger partial charge >= 0.3 is 0 Å². The Morgan fingerprint density at radius 3 is 2.70 bits per heavy atom. The summed E-state index contributed by atoms with van der Waals surface area (Å²) in [4.78, 5) is 20.1. The predicted molar refractivity (Wildman–Crippen MR) is 129 cm³/mol. The number of thioether (sulfide) groups is 1. The molecule has 1 N–H and O–H groups in total. The van der Waals surface area contributed by atoms with E-state index in [-0.39, 0.29) is 11.9 Å². The summed E-state index contributed by atoms with van der Waals surface area (Å²) >= 11 is 1.49. The minimum absolute atomic E-state index is 0.113. The van der Waals surface area contributed by atoms with E-state index in [1.807, 2.05) is 31.2 Å². The molecule has 0 bridgehead atoms. The minimum Gasteiger partial charge on any atom is -0.497 e. The van der Waals surface area contributed by atoms with Crippen LogP contribution < -0.4 is 10.1 Å². The highest BCUT2D eigenvalue weighted by atomic mass is 32.2. The van der Waals surface area contributed by atoms with Crippen molar-refractivity contribution in [3.8, 4) is 5.75 Å². The molecule has 2 aromatic heterocycles. The van der Waals surface area contributed by atoms with Crippen molar-refractivity contribution in [1.29, 1.82) is 0 Å². The van der Waals surface area contributed by atoms with Gasteiger partial charge in [-0.2, -0.15) is 0 Å². The lowest BCUT2D eigenvalue weighted by atomic mass is 10.0. The molecule has 7 nitrogen and oxygen atoms in total. The number of benzene rings is 1. The van der Waals surface area contributed by atoms with Crippen molar-refractivity contribution in [2.24, 2.45) is 0 Å². The summed E-state index contributed by atoms with van der Waals surface area (Å²) in [5.74, 6) is 2.08. The van der Waals surface area contributed by atoms with E-state index < -0.39 is 0 Å². The highest BCUT2D eigenvalue weighted by Crippen LogP contribution is 2.27. The normalized spacial score (nSPS) is 15.2. The Labute approximate surface area is 198 Å². The van der Waals surface area contributed by atoms with Crippen LogP contribution in [0.15, 0.2) is 58.2 Å². The summed E-state index contributed by atoms with van der Waals surface area (Å²) in [6.07, 6.45) is 5.34. The molecule has 1 aromatic carbocycles. The molecule has 4 rings (SSSR count). The molecule has 3 heterocycles. The molecule has 8 heteroatoms. The third kappa shape index (κ3) is 6.15. The largest absolute Gasteiger partial charge is 0.497 e. The summed E-state index contributed by atoms with van der Waals surface area (Å²) < 4.78 is 10.5. The number of methoxy groups -OCH3 is 1. The summed E-state index contributed by atoms with van der Waals surface area (Å²) in [7, 11) is 1.67. The van der Waals surface area contributed by atoms with Crippen LogP contribution in [0.5, 0.6) is 5.75 Å². The quantitative estimate of drug-likeness (QED) is 0.460. The Bertz CT molecular complexity index is 1050. The van der Waals surface area contributed by atoms with Crippen LogP contribution in [0.2, 0.25) is 0 Å². The smallest absolute Gasteiger partial charge is 0.254 e. The lowest BCUT2D eigenvalue weighted by Gasteiger charge is -2.35. The van der Waals surface area contributed by atoms with E-state index in [4.69, 9.17) is 9.26 Å². The van der Waals surface area contributed by atoms with E-state index in [2.05, 4.69) is 32.5 Å². The van der Waals surface area contributed by atoms with Gasteiger partial charge in [-0.1, -0.05) is 35.5 Å². The molecule has 0 saturated carbocycles. The molecule has 33 heavy (non-hydrogen) atoms. The molecule has 1 aliphatic rings. The van der Waals surface area contributed by atoms with E-state index in [1.165, 1.54) is 36.6 Å². The van der Waals surface area contributed by atoms with Crippen LogP contribution in [0, 0.1) is 6.92 Å². The van der Waals surface area contributed by atoms with Crippen molar-refractivity contribution in [3.05, 3.63) is 71.2 Å². The zero-order valence-electron chi connectivity index (χ0n) is 19.1. The Morgan fingerprint density at radius 1 is 1.21 bits per heavy atom. The molecule has 0 spiro atoms. The van der Waals surface area contributed by atoms with Gasteiger partial charge in [-0.05, 0) is 62.7 Å². The Hall–Kier alpha value is -2.84. The number of hydrogen-bond donors (Lipinski definition) is 1. The van der Waals surface area contributed by atoms with Crippen molar-refractivity contribution in [3.63, 3.8) is 0 Å². The molecule has 1 saturated heterocycles. The monoisotopic (exact) mass is 466 g/mol. The summed E-state index contributed by atoms with van der Waals surface area (Å²) in [6, 6.07) is 13.8. The number of ether oxygens (including phenoxy) is 1. The summed E-state index contributed by atoms with van der Waals surface area (Å²) in [5, 5.41) is 7.88. The van der Waals surface area contributed by atoms with Crippen LogP contribution in [-0.4, -0.2) is 47.7 Å². The van der Waals surface area contributed by atoms with E-state index >= 15 is 0 Å². The van der Waals surface area contributed by atoms with Crippen LogP contribution in [-0.2, 0) is 5.75 Å².